The molecule has 2 rings (SSSR count). The number of halogens is 1. The first-order valence-corrected chi connectivity index (χ1v) is 7.18. The fourth-order valence-electron chi connectivity index (χ4n) is 1.74. The topological polar surface area (TPSA) is 41.8 Å². The van der Waals surface area contributed by atoms with Gasteiger partial charge in [0.25, 0.3) is 0 Å². The van der Waals surface area contributed by atoms with Crippen molar-refractivity contribution < 1.29 is 9.84 Å². The molecule has 0 fully saturated rings. The minimum absolute atomic E-state index is 0.226. The number of aromatic hydroxyl groups is 1. The molecular formula is C16H16BrNO2. The van der Waals surface area contributed by atoms with Crippen LogP contribution in [-0.4, -0.2) is 17.9 Å². The zero-order valence-electron chi connectivity index (χ0n) is 11.2. The molecule has 0 heterocycles. The van der Waals surface area contributed by atoms with E-state index in [1.54, 1.807) is 18.3 Å². The number of nitrogens with zero attached hydrogens (tertiary/aromatic N) is 1. The van der Waals surface area contributed by atoms with E-state index in [4.69, 9.17) is 4.74 Å². The molecule has 104 valence electrons. The summed E-state index contributed by atoms with van der Waals surface area (Å²) in [5.41, 5.74) is 1.80. The third-order valence-corrected chi connectivity index (χ3v) is 3.22. The third-order valence-electron chi connectivity index (χ3n) is 2.73. The van der Waals surface area contributed by atoms with Gasteiger partial charge >= 0.3 is 0 Å². The van der Waals surface area contributed by atoms with Gasteiger partial charge in [-0.1, -0.05) is 28.1 Å². The van der Waals surface area contributed by atoms with Gasteiger partial charge in [-0.2, -0.15) is 0 Å². The summed E-state index contributed by atoms with van der Waals surface area (Å²) in [7, 11) is 0. The SMILES string of the molecule is CCOc1ccc(CN=Cc2cc(Br)ccc2O)cc1. The van der Waals surface area contributed by atoms with Crippen molar-refractivity contribution in [2.45, 2.75) is 13.5 Å². The van der Waals surface area contributed by atoms with Crippen LogP contribution in [0.1, 0.15) is 18.1 Å². The molecule has 0 spiro atoms. The van der Waals surface area contributed by atoms with E-state index < -0.39 is 0 Å². The molecule has 0 aliphatic heterocycles. The highest BCUT2D eigenvalue weighted by atomic mass is 79.9. The summed E-state index contributed by atoms with van der Waals surface area (Å²) in [5.74, 6) is 1.09. The molecule has 0 aliphatic rings. The Kier molecular flexibility index (Phi) is 5.18. The molecule has 20 heavy (non-hydrogen) atoms. The van der Waals surface area contributed by atoms with Crippen LogP contribution in [0.3, 0.4) is 0 Å². The Morgan fingerprint density at radius 1 is 1.20 bits per heavy atom. The van der Waals surface area contributed by atoms with Crippen molar-refractivity contribution in [3.05, 3.63) is 58.1 Å². The Morgan fingerprint density at radius 2 is 1.95 bits per heavy atom. The summed E-state index contributed by atoms with van der Waals surface area (Å²) in [5, 5.41) is 9.70. The highest BCUT2D eigenvalue weighted by Gasteiger charge is 1.98. The molecule has 2 aromatic rings. The molecule has 0 aliphatic carbocycles. The molecule has 0 radical (unpaired) electrons. The first-order valence-electron chi connectivity index (χ1n) is 6.39. The second-order valence-corrected chi connectivity index (χ2v) is 5.17. The normalized spacial score (nSPS) is 10.9. The highest BCUT2D eigenvalue weighted by molar-refractivity contribution is 9.10. The molecule has 2 aromatic carbocycles. The minimum atomic E-state index is 0.226. The van der Waals surface area contributed by atoms with Crippen molar-refractivity contribution in [3.8, 4) is 11.5 Å². The molecule has 0 aromatic heterocycles. The molecule has 0 saturated heterocycles. The standard InChI is InChI=1S/C16H16BrNO2/c1-2-20-15-6-3-12(4-7-15)10-18-11-13-9-14(17)5-8-16(13)19/h3-9,11,19H,2,10H2,1H3. The third kappa shape index (κ3) is 4.10. The van der Waals surface area contributed by atoms with Gasteiger partial charge in [0, 0.05) is 16.3 Å². The Hall–Kier alpha value is -1.81. The lowest BCUT2D eigenvalue weighted by Gasteiger charge is -2.03. The summed E-state index contributed by atoms with van der Waals surface area (Å²) in [6, 6.07) is 13.1. The fraction of sp³-hybridized carbons (Fsp3) is 0.188. The van der Waals surface area contributed by atoms with E-state index in [0.29, 0.717) is 18.7 Å². The minimum Gasteiger partial charge on any atom is -0.507 e. The van der Waals surface area contributed by atoms with Crippen molar-refractivity contribution in [1.29, 1.82) is 0 Å². The van der Waals surface area contributed by atoms with E-state index in [1.165, 1.54) is 0 Å². The Morgan fingerprint density at radius 3 is 2.65 bits per heavy atom. The molecule has 0 amide bonds. The molecule has 0 bridgehead atoms. The molecule has 1 N–H and O–H groups in total. The van der Waals surface area contributed by atoms with Crippen LogP contribution in [0.5, 0.6) is 11.5 Å². The van der Waals surface area contributed by atoms with Gasteiger partial charge in [-0.15, -0.1) is 0 Å². The summed E-state index contributed by atoms with van der Waals surface area (Å²) in [6.07, 6.45) is 1.68. The van der Waals surface area contributed by atoms with E-state index in [9.17, 15) is 5.11 Å². The van der Waals surface area contributed by atoms with Crippen LogP contribution in [0, 0.1) is 0 Å². The molecule has 4 heteroatoms. The maximum absolute atomic E-state index is 9.70. The number of benzene rings is 2. The van der Waals surface area contributed by atoms with Crippen LogP contribution >= 0.6 is 15.9 Å². The van der Waals surface area contributed by atoms with Gasteiger partial charge in [0.15, 0.2) is 0 Å². The van der Waals surface area contributed by atoms with Gasteiger partial charge in [0.05, 0.1) is 13.2 Å². The van der Waals surface area contributed by atoms with Gasteiger partial charge < -0.3 is 9.84 Å². The number of hydrogen-bond donors (Lipinski definition) is 1. The molecule has 0 saturated carbocycles. The predicted octanol–water partition coefficient (Wildman–Crippen LogP) is 4.17. The van der Waals surface area contributed by atoms with Crippen molar-refractivity contribution in [2.24, 2.45) is 4.99 Å². The Labute approximate surface area is 127 Å². The van der Waals surface area contributed by atoms with Gasteiger partial charge in [-0.05, 0) is 42.8 Å². The number of rotatable bonds is 5. The van der Waals surface area contributed by atoms with E-state index in [0.717, 1.165) is 15.8 Å². The summed E-state index contributed by atoms with van der Waals surface area (Å²) in [6.45, 7) is 3.20. The molecule has 3 nitrogen and oxygen atoms in total. The second-order valence-electron chi connectivity index (χ2n) is 4.25. The second kappa shape index (κ2) is 7.10. The first kappa shape index (κ1) is 14.6. The largest absolute Gasteiger partial charge is 0.507 e. The molecular weight excluding hydrogens is 318 g/mol. The maximum atomic E-state index is 9.70. The number of phenolic OH excluding ortho intramolecular Hbond substituents is 1. The molecule has 0 atom stereocenters. The lowest BCUT2D eigenvalue weighted by molar-refractivity contribution is 0.340. The number of ether oxygens (including phenoxy) is 1. The Balaban J connectivity index is 2.00. The monoisotopic (exact) mass is 333 g/mol. The highest BCUT2D eigenvalue weighted by Crippen LogP contribution is 2.20. The van der Waals surface area contributed by atoms with Gasteiger partial charge in [-0.3, -0.25) is 4.99 Å². The summed E-state index contributed by atoms with van der Waals surface area (Å²) >= 11 is 3.37. The lowest BCUT2D eigenvalue weighted by Crippen LogP contribution is -1.91. The lowest BCUT2D eigenvalue weighted by atomic mass is 10.2. The zero-order chi connectivity index (χ0) is 14.4. The van der Waals surface area contributed by atoms with Gasteiger partial charge in [0.1, 0.15) is 11.5 Å². The van der Waals surface area contributed by atoms with E-state index in [-0.39, 0.29) is 5.75 Å². The zero-order valence-corrected chi connectivity index (χ0v) is 12.8. The quantitative estimate of drug-likeness (QED) is 0.834. The van der Waals surface area contributed by atoms with Crippen LogP contribution in [0.15, 0.2) is 51.9 Å². The van der Waals surface area contributed by atoms with E-state index >= 15 is 0 Å². The van der Waals surface area contributed by atoms with Crippen molar-refractivity contribution in [2.75, 3.05) is 6.61 Å². The number of hydrogen-bond acceptors (Lipinski definition) is 3. The van der Waals surface area contributed by atoms with Crippen molar-refractivity contribution in [1.82, 2.24) is 0 Å². The van der Waals surface area contributed by atoms with Gasteiger partial charge in [-0.25, -0.2) is 0 Å². The maximum Gasteiger partial charge on any atom is 0.124 e. The van der Waals surface area contributed by atoms with E-state index in [2.05, 4.69) is 20.9 Å². The summed E-state index contributed by atoms with van der Waals surface area (Å²) < 4.78 is 6.30. The average molecular weight is 334 g/mol. The first-order chi connectivity index (χ1) is 9.69. The predicted molar refractivity (Wildman–Crippen MR) is 84.7 cm³/mol. The molecule has 0 unspecified atom stereocenters. The van der Waals surface area contributed by atoms with E-state index in [1.807, 2.05) is 37.3 Å². The van der Waals surface area contributed by atoms with Crippen LogP contribution in [0.25, 0.3) is 0 Å². The van der Waals surface area contributed by atoms with Crippen LogP contribution in [0.2, 0.25) is 0 Å². The Bertz CT molecular complexity index is 594. The van der Waals surface area contributed by atoms with Crippen molar-refractivity contribution >= 4 is 22.1 Å². The number of aliphatic imine (C=N–C) groups is 1. The smallest absolute Gasteiger partial charge is 0.124 e. The van der Waals surface area contributed by atoms with Crippen LogP contribution < -0.4 is 4.74 Å². The van der Waals surface area contributed by atoms with Crippen LogP contribution in [0.4, 0.5) is 0 Å². The number of phenols is 1. The van der Waals surface area contributed by atoms with Crippen molar-refractivity contribution in [3.63, 3.8) is 0 Å². The fourth-order valence-corrected chi connectivity index (χ4v) is 2.11. The van der Waals surface area contributed by atoms with Crippen LogP contribution in [-0.2, 0) is 6.54 Å². The summed E-state index contributed by atoms with van der Waals surface area (Å²) in [4.78, 5) is 4.34. The van der Waals surface area contributed by atoms with Gasteiger partial charge in [0.2, 0.25) is 0 Å². The average Bonchev–Trinajstić information content (AvgIpc) is 2.45.